The van der Waals surface area contributed by atoms with Crippen molar-refractivity contribution in [3.05, 3.63) is 96.1 Å². The molecule has 0 amide bonds. The van der Waals surface area contributed by atoms with Crippen molar-refractivity contribution in [3.8, 4) is 0 Å². The molecule has 0 aliphatic heterocycles. The van der Waals surface area contributed by atoms with Gasteiger partial charge in [-0.15, -0.1) is 0 Å². The summed E-state index contributed by atoms with van der Waals surface area (Å²) in [5.74, 6) is 1.18. The summed E-state index contributed by atoms with van der Waals surface area (Å²) < 4.78 is 12.0. The number of benzene rings is 3. The molecule has 0 heterocycles. The second-order valence-corrected chi connectivity index (χ2v) is 7.42. The van der Waals surface area contributed by atoms with Crippen LogP contribution in [0.1, 0.15) is 38.8 Å². The number of hydrogen-bond donors (Lipinski definition) is 0. The zero-order valence-corrected chi connectivity index (χ0v) is 17.9. The SMILES string of the molecule is CC(C)OC(=Nc1ccccc1)c1ccc(C(=Nc2ccccc2)OC(C)C)cc1. The van der Waals surface area contributed by atoms with Gasteiger partial charge >= 0.3 is 0 Å². The Hall–Kier alpha value is -3.40. The normalized spacial score (nSPS) is 12.3. The molecule has 0 aliphatic carbocycles. The van der Waals surface area contributed by atoms with Crippen LogP contribution in [0.5, 0.6) is 0 Å². The van der Waals surface area contributed by atoms with Gasteiger partial charge in [0.1, 0.15) is 0 Å². The summed E-state index contributed by atoms with van der Waals surface area (Å²) in [5.41, 5.74) is 3.51. The number of nitrogens with zero attached hydrogens (tertiary/aromatic N) is 2. The first-order chi connectivity index (χ1) is 14.5. The monoisotopic (exact) mass is 400 g/mol. The first-order valence-corrected chi connectivity index (χ1v) is 10.2. The highest BCUT2D eigenvalue weighted by Crippen LogP contribution is 2.18. The lowest BCUT2D eigenvalue weighted by molar-refractivity contribution is 0.229. The molecule has 3 aromatic carbocycles. The van der Waals surface area contributed by atoms with Crippen molar-refractivity contribution in [1.29, 1.82) is 0 Å². The smallest absolute Gasteiger partial charge is 0.221 e. The van der Waals surface area contributed by atoms with Gasteiger partial charge in [0.25, 0.3) is 0 Å². The van der Waals surface area contributed by atoms with E-state index in [1.54, 1.807) is 0 Å². The van der Waals surface area contributed by atoms with Crippen molar-refractivity contribution in [2.24, 2.45) is 9.98 Å². The van der Waals surface area contributed by atoms with Crippen LogP contribution in [0.2, 0.25) is 0 Å². The van der Waals surface area contributed by atoms with E-state index >= 15 is 0 Å². The number of para-hydroxylation sites is 2. The minimum atomic E-state index is 0.0200. The highest BCUT2D eigenvalue weighted by molar-refractivity contribution is 5.99. The van der Waals surface area contributed by atoms with Gasteiger partial charge in [0, 0.05) is 11.1 Å². The molecule has 0 fully saturated rings. The molecule has 0 saturated heterocycles. The van der Waals surface area contributed by atoms with Crippen molar-refractivity contribution in [1.82, 2.24) is 0 Å². The van der Waals surface area contributed by atoms with Crippen LogP contribution in [0.3, 0.4) is 0 Å². The Morgan fingerprint density at radius 1 is 0.533 bits per heavy atom. The first-order valence-electron chi connectivity index (χ1n) is 10.2. The molecular weight excluding hydrogens is 372 g/mol. The first kappa shape index (κ1) is 21.3. The number of hydrogen-bond acceptors (Lipinski definition) is 4. The third kappa shape index (κ3) is 6.31. The summed E-state index contributed by atoms with van der Waals surface area (Å²) in [6.07, 6.45) is 0.0400. The van der Waals surface area contributed by atoms with Crippen LogP contribution in [0.25, 0.3) is 0 Å². The second kappa shape index (κ2) is 10.4. The maximum atomic E-state index is 5.99. The Kier molecular flexibility index (Phi) is 7.39. The molecule has 3 aromatic rings. The lowest BCUT2D eigenvalue weighted by atomic mass is 10.1. The van der Waals surface area contributed by atoms with E-state index in [0.29, 0.717) is 11.8 Å². The van der Waals surface area contributed by atoms with Crippen LogP contribution in [0.4, 0.5) is 11.4 Å². The molecular formula is C26H28N2O2. The number of rotatable bonds is 6. The van der Waals surface area contributed by atoms with E-state index in [1.807, 2.05) is 113 Å². The maximum absolute atomic E-state index is 5.99. The summed E-state index contributed by atoms with van der Waals surface area (Å²) in [7, 11) is 0. The van der Waals surface area contributed by atoms with Gasteiger partial charge in [-0.2, -0.15) is 0 Å². The van der Waals surface area contributed by atoms with Gasteiger partial charge in [-0.3, -0.25) is 0 Å². The topological polar surface area (TPSA) is 43.2 Å². The highest BCUT2D eigenvalue weighted by Gasteiger charge is 2.12. The summed E-state index contributed by atoms with van der Waals surface area (Å²) in [4.78, 5) is 9.39. The molecule has 0 saturated carbocycles. The summed E-state index contributed by atoms with van der Waals surface area (Å²) in [6, 6.07) is 27.6. The summed E-state index contributed by atoms with van der Waals surface area (Å²) in [5, 5.41) is 0. The molecule has 0 unspecified atom stereocenters. The third-order valence-corrected chi connectivity index (χ3v) is 4.05. The Morgan fingerprint density at radius 3 is 1.17 bits per heavy atom. The molecule has 0 bridgehead atoms. The zero-order valence-electron chi connectivity index (χ0n) is 17.9. The molecule has 0 N–H and O–H groups in total. The van der Waals surface area contributed by atoms with E-state index < -0.39 is 0 Å². The van der Waals surface area contributed by atoms with E-state index in [9.17, 15) is 0 Å². The fourth-order valence-corrected chi connectivity index (χ4v) is 2.76. The number of aliphatic imine (C=N–C) groups is 2. The predicted molar refractivity (Wildman–Crippen MR) is 124 cm³/mol. The molecule has 0 radical (unpaired) electrons. The lowest BCUT2D eigenvalue weighted by Gasteiger charge is -2.15. The average Bonchev–Trinajstić information content (AvgIpc) is 2.74. The fourth-order valence-electron chi connectivity index (χ4n) is 2.76. The molecule has 3 rings (SSSR count). The zero-order chi connectivity index (χ0) is 21.3. The van der Waals surface area contributed by atoms with Crippen LogP contribution < -0.4 is 0 Å². The largest absolute Gasteiger partial charge is 0.475 e. The van der Waals surface area contributed by atoms with Gasteiger partial charge in [0.15, 0.2) is 0 Å². The number of ether oxygens (including phenoxy) is 2. The molecule has 0 atom stereocenters. The fraction of sp³-hybridized carbons (Fsp3) is 0.231. The third-order valence-electron chi connectivity index (χ3n) is 4.05. The lowest BCUT2D eigenvalue weighted by Crippen LogP contribution is -2.15. The molecule has 0 spiro atoms. The van der Waals surface area contributed by atoms with Crippen molar-refractivity contribution in [2.45, 2.75) is 39.9 Å². The summed E-state index contributed by atoms with van der Waals surface area (Å²) in [6.45, 7) is 7.98. The van der Waals surface area contributed by atoms with E-state index in [1.165, 1.54) is 0 Å². The van der Waals surface area contributed by atoms with Crippen LogP contribution in [0.15, 0.2) is 94.9 Å². The Morgan fingerprint density at radius 2 is 0.867 bits per heavy atom. The van der Waals surface area contributed by atoms with Gasteiger partial charge < -0.3 is 9.47 Å². The average molecular weight is 401 g/mol. The minimum absolute atomic E-state index is 0.0200. The van der Waals surface area contributed by atoms with E-state index in [2.05, 4.69) is 0 Å². The van der Waals surface area contributed by atoms with Crippen LogP contribution >= 0.6 is 0 Å². The molecule has 30 heavy (non-hydrogen) atoms. The predicted octanol–water partition coefficient (Wildman–Crippen LogP) is 6.69. The second-order valence-electron chi connectivity index (χ2n) is 7.42. The van der Waals surface area contributed by atoms with Crippen LogP contribution in [0, 0.1) is 0 Å². The van der Waals surface area contributed by atoms with Gasteiger partial charge in [0.05, 0.1) is 23.6 Å². The van der Waals surface area contributed by atoms with Crippen LogP contribution in [-0.4, -0.2) is 24.0 Å². The quantitative estimate of drug-likeness (QED) is 0.341. The molecule has 4 heteroatoms. The standard InChI is InChI=1S/C26H28N2O2/c1-19(2)29-25(27-23-11-7-5-8-12-23)21-15-17-22(18-16-21)26(30-20(3)4)28-24-13-9-6-10-14-24/h5-20H,1-4H3. The highest BCUT2D eigenvalue weighted by atomic mass is 16.5. The van der Waals surface area contributed by atoms with Gasteiger partial charge in [-0.05, 0) is 76.2 Å². The minimum Gasteiger partial charge on any atom is -0.475 e. The molecule has 0 aromatic heterocycles. The molecule has 4 nitrogen and oxygen atoms in total. The van der Waals surface area contributed by atoms with E-state index in [4.69, 9.17) is 19.5 Å². The van der Waals surface area contributed by atoms with E-state index in [0.717, 1.165) is 22.5 Å². The molecule has 154 valence electrons. The maximum Gasteiger partial charge on any atom is 0.221 e. The van der Waals surface area contributed by atoms with Gasteiger partial charge in [0.2, 0.25) is 11.8 Å². The van der Waals surface area contributed by atoms with Crippen molar-refractivity contribution >= 4 is 23.2 Å². The van der Waals surface area contributed by atoms with Crippen molar-refractivity contribution < 1.29 is 9.47 Å². The summed E-state index contributed by atoms with van der Waals surface area (Å²) >= 11 is 0. The molecule has 0 aliphatic rings. The Bertz CT molecular complexity index is 894. The Labute approximate surface area is 178 Å². The van der Waals surface area contributed by atoms with Crippen LogP contribution in [-0.2, 0) is 9.47 Å². The van der Waals surface area contributed by atoms with Crippen molar-refractivity contribution in [2.75, 3.05) is 0 Å². The van der Waals surface area contributed by atoms with Gasteiger partial charge in [-0.1, -0.05) is 36.4 Å². The van der Waals surface area contributed by atoms with Crippen molar-refractivity contribution in [3.63, 3.8) is 0 Å². The Balaban J connectivity index is 1.93. The van der Waals surface area contributed by atoms with E-state index in [-0.39, 0.29) is 12.2 Å². The van der Waals surface area contributed by atoms with Gasteiger partial charge in [-0.25, -0.2) is 9.98 Å².